The van der Waals surface area contributed by atoms with Gasteiger partial charge >= 0.3 is 0 Å². The molecule has 120 valence electrons. The fraction of sp³-hybridized carbons (Fsp3) is 0.600. The summed E-state index contributed by atoms with van der Waals surface area (Å²) in [5.41, 5.74) is 1.06. The van der Waals surface area contributed by atoms with Gasteiger partial charge in [-0.05, 0) is 53.0 Å². The molecule has 1 atom stereocenters. The van der Waals surface area contributed by atoms with Crippen molar-refractivity contribution in [3.05, 3.63) is 28.2 Å². The van der Waals surface area contributed by atoms with Crippen LogP contribution in [0.1, 0.15) is 33.3 Å². The van der Waals surface area contributed by atoms with E-state index in [1.54, 1.807) is 13.1 Å². The van der Waals surface area contributed by atoms with Gasteiger partial charge in [-0.1, -0.05) is 26.8 Å². The lowest BCUT2D eigenvalue weighted by molar-refractivity contribution is 0.315. The van der Waals surface area contributed by atoms with Crippen molar-refractivity contribution < 1.29 is 8.42 Å². The predicted octanol–water partition coefficient (Wildman–Crippen LogP) is 3.22. The molecule has 1 N–H and O–H groups in total. The minimum absolute atomic E-state index is 0.0525. The van der Waals surface area contributed by atoms with Gasteiger partial charge in [0.1, 0.15) is 0 Å². The molecule has 0 amide bonds. The van der Waals surface area contributed by atoms with E-state index in [9.17, 15) is 8.42 Å². The Morgan fingerprint density at radius 1 is 1.29 bits per heavy atom. The van der Waals surface area contributed by atoms with Gasteiger partial charge in [0.2, 0.25) is 10.0 Å². The molecular formula is C15H25BrN2O2S. The second kappa shape index (κ2) is 7.72. The van der Waals surface area contributed by atoms with Crippen LogP contribution in [0.4, 0.5) is 0 Å². The molecule has 0 saturated heterocycles. The lowest BCUT2D eigenvalue weighted by Gasteiger charge is -2.27. The summed E-state index contributed by atoms with van der Waals surface area (Å²) in [6.07, 6.45) is 0. The van der Waals surface area contributed by atoms with Gasteiger partial charge in [-0.25, -0.2) is 8.42 Å². The van der Waals surface area contributed by atoms with E-state index in [0.717, 1.165) is 18.7 Å². The average Bonchev–Trinajstić information content (AvgIpc) is 2.42. The van der Waals surface area contributed by atoms with Crippen molar-refractivity contribution in [1.29, 1.82) is 0 Å². The van der Waals surface area contributed by atoms with Gasteiger partial charge in [0.15, 0.2) is 0 Å². The first-order valence-corrected chi connectivity index (χ1v) is 9.42. The van der Waals surface area contributed by atoms with Crippen LogP contribution >= 0.6 is 15.9 Å². The molecule has 0 aromatic heterocycles. The minimum Gasteiger partial charge on any atom is -0.313 e. The predicted molar refractivity (Wildman–Crippen MR) is 90.8 cm³/mol. The summed E-state index contributed by atoms with van der Waals surface area (Å²) in [6.45, 7) is 9.61. The number of rotatable bonds is 7. The fourth-order valence-corrected chi connectivity index (χ4v) is 4.50. The van der Waals surface area contributed by atoms with Crippen LogP contribution < -0.4 is 5.32 Å². The quantitative estimate of drug-likeness (QED) is 0.794. The minimum atomic E-state index is -3.49. The molecule has 0 aliphatic rings. The topological polar surface area (TPSA) is 49.4 Å². The third-order valence-corrected chi connectivity index (χ3v) is 6.69. The first-order valence-electron chi connectivity index (χ1n) is 7.19. The first-order chi connectivity index (χ1) is 9.71. The van der Waals surface area contributed by atoms with Gasteiger partial charge in [-0.3, -0.25) is 0 Å². The average molecular weight is 377 g/mol. The number of halogens is 1. The van der Waals surface area contributed by atoms with Gasteiger partial charge in [0.05, 0.1) is 4.90 Å². The van der Waals surface area contributed by atoms with Crippen LogP contribution in [0.3, 0.4) is 0 Å². The highest BCUT2D eigenvalue weighted by Gasteiger charge is 2.28. The number of hydrogen-bond donors (Lipinski definition) is 1. The summed E-state index contributed by atoms with van der Waals surface area (Å²) in [7, 11) is -1.85. The van der Waals surface area contributed by atoms with Crippen LogP contribution in [0.15, 0.2) is 27.6 Å². The van der Waals surface area contributed by atoms with Crippen LogP contribution in [0.5, 0.6) is 0 Å². The molecule has 0 spiro atoms. The molecule has 21 heavy (non-hydrogen) atoms. The maximum atomic E-state index is 12.7. The van der Waals surface area contributed by atoms with Gasteiger partial charge in [0, 0.05) is 24.1 Å². The zero-order valence-electron chi connectivity index (χ0n) is 13.4. The standard InChI is InChI=1S/C15H25BrN2O2S/c1-6-17-10-13-7-8-15(14(16)9-13)21(19,20)18(5)12(4)11(2)3/h7-9,11-12,17H,6,10H2,1-5H3. The van der Waals surface area contributed by atoms with Gasteiger partial charge in [-0.2, -0.15) is 4.31 Å². The van der Waals surface area contributed by atoms with E-state index in [4.69, 9.17) is 0 Å². The Morgan fingerprint density at radius 2 is 1.90 bits per heavy atom. The Bertz CT molecular complexity index is 573. The zero-order valence-corrected chi connectivity index (χ0v) is 15.8. The molecule has 0 radical (unpaired) electrons. The van der Waals surface area contributed by atoms with Crippen molar-refractivity contribution in [1.82, 2.24) is 9.62 Å². The Hall–Kier alpha value is -0.430. The van der Waals surface area contributed by atoms with Crippen LogP contribution in [0.2, 0.25) is 0 Å². The molecular weight excluding hydrogens is 352 g/mol. The van der Waals surface area contributed by atoms with E-state index in [1.165, 1.54) is 4.31 Å². The number of benzene rings is 1. The second-order valence-electron chi connectivity index (χ2n) is 5.55. The molecule has 0 saturated carbocycles. The first kappa shape index (κ1) is 18.6. The van der Waals surface area contributed by atoms with E-state index in [2.05, 4.69) is 21.2 Å². The van der Waals surface area contributed by atoms with Gasteiger partial charge in [0.25, 0.3) is 0 Å². The molecule has 0 aliphatic heterocycles. The molecule has 6 heteroatoms. The van der Waals surface area contributed by atoms with Crippen LogP contribution in [0.25, 0.3) is 0 Å². The molecule has 0 fully saturated rings. The van der Waals surface area contributed by atoms with Crippen molar-refractivity contribution in [3.8, 4) is 0 Å². The zero-order chi connectivity index (χ0) is 16.2. The normalized spacial score (nSPS) is 13.9. The van der Waals surface area contributed by atoms with Crippen molar-refractivity contribution in [2.24, 2.45) is 5.92 Å². The van der Waals surface area contributed by atoms with Crippen LogP contribution in [-0.4, -0.2) is 32.4 Å². The lowest BCUT2D eigenvalue weighted by Crippen LogP contribution is -2.38. The summed E-state index contributed by atoms with van der Waals surface area (Å²) in [5, 5.41) is 3.23. The van der Waals surface area contributed by atoms with Crippen LogP contribution in [0, 0.1) is 5.92 Å². The largest absolute Gasteiger partial charge is 0.313 e. The highest BCUT2D eigenvalue weighted by molar-refractivity contribution is 9.10. The highest BCUT2D eigenvalue weighted by Crippen LogP contribution is 2.27. The summed E-state index contributed by atoms with van der Waals surface area (Å²) in [5.74, 6) is 0.261. The van der Waals surface area contributed by atoms with Crippen molar-refractivity contribution in [2.45, 2.75) is 45.2 Å². The molecule has 1 aromatic rings. The Morgan fingerprint density at radius 3 is 2.38 bits per heavy atom. The summed E-state index contributed by atoms with van der Waals surface area (Å²) >= 11 is 3.40. The molecule has 1 unspecified atom stereocenters. The maximum absolute atomic E-state index is 12.7. The number of sulfonamides is 1. The summed E-state index contributed by atoms with van der Waals surface area (Å²) < 4.78 is 27.5. The van der Waals surface area contributed by atoms with E-state index in [0.29, 0.717) is 9.37 Å². The monoisotopic (exact) mass is 376 g/mol. The summed E-state index contributed by atoms with van der Waals surface area (Å²) in [4.78, 5) is 0.317. The SMILES string of the molecule is CCNCc1ccc(S(=O)(=O)N(C)C(C)C(C)C)c(Br)c1. The fourth-order valence-electron chi connectivity index (χ4n) is 1.93. The molecule has 1 rings (SSSR count). The number of nitrogens with zero attached hydrogens (tertiary/aromatic N) is 1. The summed E-state index contributed by atoms with van der Waals surface area (Å²) in [6, 6.07) is 5.34. The van der Waals surface area contributed by atoms with E-state index in [1.807, 2.05) is 39.8 Å². The Balaban J connectivity index is 3.09. The molecule has 0 aliphatic carbocycles. The highest BCUT2D eigenvalue weighted by atomic mass is 79.9. The molecule has 4 nitrogen and oxygen atoms in total. The number of hydrogen-bond acceptors (Lipinski definition) is 3. The lowest BCUT2D eigenvalue weighted by atomic mass is 10.1. The van der Waals surface area contributed by atoms with Crippen molar-refractivity contribution in [2.75, 3.05) is 13.6 Å². The third kappa shape index (κ3) is 4.52. The Labute approximate surface area is 137 Å². The molecule has 0 bridgehead atoms. The van der Waals surface area contributed by atoms with Crippen LogP contribution in [-0.2, 0) is 16.6 Å². The van der Waals surface area contributed by atoms with Gasteiger partial charge in [-0.15, -0.1) is 0 Å². The number of nitrogens with one attached hydrogen (secondary N) is 1. The maximum Gasteiger partial charge on any atom is 0.244 e. The van der Waals surface area contributed by atoms with E-state index >= 15 is 0 Å². The third-order valence-electron chi connectivity index (χ3n) is 3.77. The van der Waals surface area contributed by atoms with Crippen molar-refractivity contribution in [3.63, 3.8) is 0 Å². The van der Waals surface area contributed by atoms with E-state index in [-0.39, 0.29) is 12.0 Å². The van der Waals surface area contributed by atoms with E-state index < -0.39 is 10.0 Å². The second-order valence-corrected chi connectivity index (χ2v) is 8.37. The molecule has 1 aromatic carbocycles. The van der Waals surface area contributed by atoms with Crippen molar-refractivity contribution >= 4 is 26.0 Å². The Kier molecular flexibility index (Phi) is 6.84. The van der Waals surface area contributed by atoms with Gasteiger partial charge < -0.3 is 5.32 Å². The smallest absolute Gasteiger partial charge is 0.244 e. The molecule has 0 heterocycles.